The number of hydrogen-bond donors (Lipinski definition) is 1. The zero-order chi connectivity index (χ0) is 13.8. The maximum atomic E-state index is 5.69. The molecule has 0 bridgehead atoms. The van der Waals surface area contributed by atoms with Crippen molar-refractivity contribution in [3.8, 4) is 0 Å². The molecule has 0 aliphatic carbocycles. The smallest absolute Gasteiger partial charge is 0.137 e. The fraction of sp³-hybridized carbons (Fsp3) is 0.714. The van der Waals surface area contributed by atoms with Crippen LogP contribution in [0.4, 0.5) is 11.6 Å². The Morgan fingerprint density at radius 3 is 2.79 bits per heavy atom. The van der Waals surface area contributed by atoms with Crippen LogP contribution in [-0.4, -0.2) is 42.8 Å². The molecule has 1 N–H and O–H groups in total. The lowest BCUT2D eigenvalue weighted by molar-refractivity contribution is 0.116. The van der Waals surface area contributed by atoms with Gasteiger partial charge in [0.1, 0.15) is 17.5 Å². The van der Waals surface area contributed by atoms with E-state index in [-0.39, 0.29) is 0 Å². The number of ether oxygens (including phenoxy) is 1. The Kier molecular flexibility index (Phi) is 4.58. The SMILES string of the molecule is CCNc1nc(C)nc(N(C)CC2CCCO2)c1C. The van der Waals surface area contributed by atoms with E-state index in [0.717, 1.165) is 49.1 Å². The van der Waals surface area contributed by atoms with E-state index in [1.54, 1.807) is 0 Å². The van der Waals surface area contributed by atoms with Crippen LogP contribution in [-0.2, 0) is 4.74 Å². The number of nitrogens with zero attached hydrogens (tertiary/aromatic N) is 3. The van der Waals surface area contributed by atoms with Crippen molar-refractivity contribution in [3.63, 3.8) is 0 Å². The highest BCUT2D eigenvalue weighted by molar-refractivity contribution is 5.58. The zero-order valence-corrected chi connectivity index (χ0v) is 12.4. The van der Waals surface area contributed by atoms with Crippen molar-refractivity contribution >= 4 is 11.6 Å². The molecule has 1 aliphatic heterocycles. The third kappa shape index (κ3) is 3.35. The third-order valence-corrected chi connectivity index (χ3v) is 3.44. The van der Waals surface area contributed by atoms with Gasteiger partial charge in [-0.2, -0.15) is 0 Å². The van der Waals surface area contributed by atoms with E-state index in [2.05, 4.69) is 41.1 Å². The molecule has 1 atom stereocenters. The van der Waals surface area contributed by atoms with Gasteiger partial charge in [0, 0.05) is 32.3 Å². The minimum absolute atomic E-state index is 0.335. The summed E-state index contributed by atoms with van der Waals surface area (Å²) < 4.78 is 5.69. The minimum Gasteiger partial charge on any atom is -0.376 e. The Labute approximate surface area is 115 Å². The molecule has 1 unspecified atom stereocenters. The van der Waals surface area contributed by atoms with Gasteiger partial charge in [0.25, 0.3) is 0 Å². The molecule has 0 amide bonds. The van der Waals surface area contributed by atoms with Gasteiger partial charge < -0.3 is 15.0 Å². The lowest BCUT2D eigenvalue weighted by Gasteiger charge is -2.24. The van der Waals surface area contributed by atoms with Crippen molar-refractivity contribution in [2.75, 3.05) is 37.0 Å². The molecule has 106 valence electrons. The van der Waals surface area contributed by atoms with Crippen molar-refractivity contribution in [2.24, 2.45) is 0 Å². The van der Waals surface area contributed by atoms with E-state index in [4.69, 9.17) is 4.74 Å². The molecular weight excluding hydrogens is 240 g/mol. The van der Waals surface area contributed by atoms with Crippen LogP contribution in [0, 0.1) is 13.8 Å². The van der Waals surface area contributed by atoms with Gasteiger partial charge >= 0.3 is 0 Å². The summed E-state index contributed by atoms with van der Waals surface area (Å²) in [7, 11) is 2.08. The predicted molar refractivity (Wildman–Crippen MR) is 77.9 cm³/mol. The molecule has 0 aromatic carbocycles. The standard InChI is InChI=1S/C14H24N4O/c1-5-15-13-10(2)14(17-11(3)16-13)18(4)9-12-7-6-8-19-12/h12H,5-9H2,1-4H3,(H,15,16,17). The largest absolute Gasteiger partial charge is 0.376 e. The summed E-state index contributed by atoms with van der Waals surface area (Å²) in [4.78, 5) is 11.2. The molecular formula is C14H24N4O. The average molecular weight is 264 g/mol. The average Bonchev–Trinajstić information content (AvgIpc) is 2.86. The van der Waals surface area contributed by atoms with Crippen molar-refractivity contribution in [3.05, 3.63) is 11.4 Å². The number of rotatable bonds is 5. The monoisotopic (exact) mass is 264 g/mol. The molecule has 0 radical (unpaired) electrons. The highest BCUT2D eigenvalue weighted by Crippen LogP contribution is 2.24. The summed E-state index contributed by atoms with van der Waals surface area (Å²) in [6, 6.07) is 0. The number of aryl methyl sites for hydroxylation is 1. The quantitative estimate of drug-likeness (QED) is 0.883. The van der Waals surface area contributed by atoms with Gasteiger partial charge in [-0.3, -0.25) is 0 Å². The van der Waals surface area contributed by atoms with Crippen LogP contribution in [0.2, 0.25) is 0 Å². The van der Waals surface area contributed by atoms with Gasteiger partial charge in [-0.15, -0.1) is 0 Å². The summed E-state index contributed by atoms with van der Waals surface area (Å²) in [5, 5.41) is 3.30. The Balaban J connectivity index is 2.17. The van der Waals surface area contributed by atoms with Crippen LogP contribution in [0.25, 0.3) is 0 Å². The highest BCUT2D eigenvalue weighted by Gasteiger charge is 2.20. The highest BCUT2D eigenvalue weighted by atomic mass is 16.5. The molecule has 1 aromatic heterocycles. The van der Waals surface area contributed by atoms with Gasteiger partial charge in [0.15, 0.2) is 0 Å². The first-order chi connectivity index (χ1) is 9.11. The molecule has 2 heterocycles. The maximum absolute atomic E-state index is 5.69. The van der Waals surface area contributed by atoms with E-state index in [1.165, 1.54) is 6.42 Å². The van der Waals surface area contributed by atoms with Crippen molar-refractivity contribution in [1.82, 2.24) is 9.97 Å². The van der Waals surface area contributed by atoms with Crippen molar-refractivity contribution < 1.29 is 4.74 Å². The van der Waals surface area contributed by atoms with E-state index in [1.807, 2.05) is 6.92 Å². The van der Waals surface area contributed by atoms with E-state index >= 15 is 0 Å². The molecule has 0 saturated carbocycles. The number of anilines is 2. The van der Waals surface area contributed by atoms with Crippen LogP contribution >= 0.6 is 0 Å². The molecule has 1 fully saturated rings. The Morgan fingerprint density at radius 2 is 2.16 bits per heavy atom. The first kappa shape index (κ1) is 14.1. The molecule has 1 aliphatic rings. The Morgan fingerprint density at radius 1 is 1.37 bits per heavy atom. The molecule has 19 heavy (non-hydrogen) atoms. The van der Waals surface area contributed by atoms with Crippen molar-refractivity contribution in [2.45, 2.75) is 39.7 Å². The van der Waals surface area contributed by atoms with E-state index < -0.39 is 0 Å². The van der Waals surface area contributed by atoms with Crippen LogP contribution in [0.5, 0.6) is 0 Å². The lowest BCUT2D eigenvalue weighted by atomic mass is 10.2. The summed E-state index contributed by atoms with van der Waals surface area (Å²) in [5.41, 5.74) is 1.10. The molecule has 5 heteroatoms. The summed E-state index contributed by atoms with van der Waals surface area (Å²) in [6.45, 7) is 8.73. The number of hydrogen-bond acceptors (Lipinski definition) is 5. The van der Waals surface area contributed by atoms with Gasteiger partial charge in [-0.1, -0.05) is 0 Å². The van der Waals surface area contributed by atoms with E-state index in [0.29, 0.717) is 6.10 Å². The molecule has 1 aromatic rings. The first-order valence-corrected chi connectivity index (χ1v) is 7.03. The molecule has 5 nitrogen and oxygen atoms in total. The van der Waals surface area contributed by atoms with Crippen LogP contribution in [0.15, 0.2) is 0 Å². The third-order valence-electron chi connectivity index (χ3n) is 3.44. The normalized spacial score (nSPS) is 18.6. The van der Waals surface area contributed by atoms with Crippen LogP contribution < -0.4 is 10.2 Å². The van der Waals surface area contributed by atoms with Crippen LogP contribution in [0.1, 0.15) is 31.2 Å². The predicted octanol–water partition coefficient (Wildman–Crippen LogP) is 2.14. The number of aromatic nitrogens is 2. The van der Waals surface area contributed by atoms with Crippen molar-refractivity contribution in [1.29, 1.82) is 0 Å². The Hall–Kier alpha value is -1.36. The molecule has 1 saturated heterocycles. The first-order valence-electron chi connectivity index (χ1n) is 7.03. The van der Waals surface area contributed by atoms with Gasteiger partial charge in [-0.05, 0) is 33.6 Å². The van der Waals surface area contributed by atoms with E-state index in [9.17, 15) is 0 Å². The van der Waals surface area contributed by atoms with Crippen LogP contribution in [0.3, 0.4) is 0 Å². The topological polar surface area (TPSA) is 50.3 Å². The zero-order valence-electron chi connectivity index (χ0n) is 12.4. The summed E-state index contributed by atoms with van der Waals surface area (Å²) in [5.74, 6) is 2.74. The summed E-state index contributed by atoms with van der Waals surface area (Å²) in [6.07, 6.45) is 2.65. The lowest BCUT2D eigenvalue weighted by Crippen LogP contribution is -2.30. The Bertz CT molecular complexity index is 430. The fourth-order valence-corrected chi connectivity index (χ4v) is 2.51. The second kappa shape index (κ2) is 6.19. The second-order valence-corrected chi connectivity index (χ2v) is 5.11. The molecule has 2 rings (SSSR count). The maximum Gasteiger partial charge on any atom is 0.137 e. The number of nitrogens with one attached hydrogen (secondary N) is 1. The minimum atomic E-state index is 0.335. The van der Waals surface area contributed by atoms with Gasteiger partial charge in [0.2, 0.25) is 0 Å². The van der Waals surface area contributed by atoms with Gasteiger partial charge in [0.05, 0.1) is 6.10 Å². The molecule has 0 spiro atoms. The summed E-state index contributed by atoms with van der Waals surface area (Å²) >= 11 is 0. The fourth-order valence-electron chi connectivity index (χ4n) is 2.51. The van der Waals surface area contributed by atoms with Gasteiger partial charge in [-0.25, -0.2) is 9.97 Å². The number of likely N-dealkylation sites (N-methyl/N-ethyl adjacent to an activating group) is 1. The second-order valence-electron chi connectivity index (χ2n) is 5.11.